The fraction of sp³-hybridized carbons (Fsp3) is 0.714. The highest BCUT2D eigenvalue weighted by molar-refractivity contribution is 7.91. The van der Waals surface area contributed by atoms with E-state index in [1.807, 2.05) is 0 Å². The number of hydrogen-bond donors (Lipinski definition) is 2. The molecule has 0 heterocycles. The van der Waals surface area contributed by atoms with Crippen LogP contribution < -0.4 is 11.5 Å². The topological polar surface area (TPSA) is 86.2 Å². The highest BCUT2D eigenvalue weighted by atomic mass is 32.2. The first-order valence-corrected chi connectivity index (χ1v) is 5.61. The molecule has 0 aliphatic heterocycles. The van der Waals surface area contributed by atoms with E-state index in [0.717, 1.165) is 0 Å². The maximum Gasteiger partial charge on any atom is 0.153 e. The standard InChI is InChI=1S/C7H16N2O2S/c1-3-12(10,11)5-7(4-8)6(2)9/h4,6H,3,5,8-9H2,1-2H3/b7-4-. The van der Waals surface area contributed by atoms with Gasteiger partial charge >= 0.3 is 0 Å². The predicted octanol–water partition coefficient (Wildman–Crippen LogP) is -0.389. The van der Waals surface area contributed by atoms with Crippen LogP contribution in [0.2, 0.25) is 0 Å². The van der Waals surface area contributed by atoms with Crippen LogP contribution in [0.5, 0.6) is 0 Å². The molecule has 0 saturated carbocycles. The molecular weight excluding hydrogens is 176 g/mol. The first-order valence-electron chi connectivity index (χ1n) is 3.79. The van der Waals surface area contributed by atoms with E-state index in [1.54, 1.807) is 13.8 Å². The van der Waals surface area contributed by atoms with E-state index in [4.69, 9.17) is 11.5 Å². The largest absolute Gasteiger partial charge is 0.405 e. The van der Waals surface area contributed by atoms with Crippen LogP contribution in [0.3, 0.4) is 0 Å². The van der Waals surface area contributed by atoms with Crippen molar-refractivity contribution in [3.05, 3.63) is 11.8 Å². The third kappa shape index (κ3) is 3.73. The Kier molecular flexibility index (Phi) is 4.26. The van der Waals surface area contributed by atoms with Crippen LogP contribution in [0.1, 0.15) is 13.8 Å². The van der Waals surface area contributed by atoms with E-state index in [2.05, 4.69) is 0 Å². The van der Waals surface area contributed by atoms with Gasteiger partial charge in [-0.2, -0.15) is 0 Å². The lowest BCUT2D eigenvalue weighted by Gasteiger charge is -2.09. The molecule has 12 heavy (non-hydrogen) atoms. The summed E-state index contributed by atoms with van der Waals surface area (Å²) in [5.74, 6) is 0.0920. The van der Waals surface area contributed by atoms with Crippen LogP contribution >= 0.6 is 0 Å². The van der Waals surface area contributed by atoms with E-state index >= 15 is 0 Å². The van der Waals surface area contributed by atoms with Gasteiger partial charge in [-0.15, -0.1) is 0 Å². The molecule has 1 unspecified atom stereocenters. The number of nitrogens with two attached hydrogens (primary N) is 2. The molecule has 0 rings (SSSR count). The molecule has 0 saturated heterocycles. The van der Waals surface area contributed by atoms with Crippen LogP contribution in [-0.2, 0) is 9.84 Å². The highest BCUT2D eigenvalue weighted by Gasteiger charge is 2.13. The minimum atomic E-state index is -3.00. The molecule has 0 radical (unpaired) electrons. The molecule has 0 aliphatic rings. The van der Waals surface area contributed by atoms with Gasteiger partial charge in [-0.25, -0.2) is 8.42 Å². The van der Waals surface area contributed by atoms with Crippen LogP contribution in [0.25, 0.3) is 0 Å². The summed E-state index contributed by atoms with van der Waals surface area (Å²) >= 11 is 0. The molecule has 0 amide bonds. The molecule has 0 aliphatic carbocycles. The molecule has 4 N–H and O–H groups in total. The van der Waals surface area contributed by atoms with Gasteiger partial charge in [-0.05, 0) is 18.7 Å². The molecular formula is C7H16N2O2S. The second-order valence-corrected chi connectivity index (χ2v) is 5.06. The van der Waals surface area contributed by atoms with E-state index in [-0.39, 0.29) is 17.5 Å². The summed E-state index contributed by atoms with van der Waals surface area (Å²) in [5, 5.41) is 0. The number of sulfone groups is 1. The maximum absolute atomic E-state index is 11.1. The highest BCUT2D eigenvalue weighted by Crippen LogP contribution is 2.03. The van der Waals surface area contributed by atoms with E-state index < -0.39 is 9.84 Å². The second-order valence-electron chi connectivity index (χ2n) is 2.71. The van der Waals surface area contributed by atoms with Crippen molar-refractivity contribution >= 4 is 9.84 Å². The number of rotatable bonds is 4. The zero-order valence-corrected chi connectivity index (χ0v) is 8.26. The van der Waals surface area contributed by atoms with Gasteiger partial charge in [0, 0.05) is 11.8 Å². The van der Waals surface area contributed by atoms with Gasteiger partial charge in [-0.3, -0.25) is 0 Å². The van der Waals surface area contributed by atoms with Crippen LogP contribution in [0.15, 0.2) is 11.8 Å². The van der Waals surface area contributed by atoms with Crippen LogP contribution in [-0.4, -0.2) is 26.0 Å². The summed E-state index contributed by atoms with van der Waals surface area (Å²) in [6.45, 7) is 3.31. The minimum Gasteiger partial charge on any atom is -0.405 e. The molecule has 0 aromatic heterocycles. The Morgan fingerprint density at radius 3 is 2.33 bits per heavy atom. The molecule has 0 fully saturated rings. The Morgan fingerprint density at radius 2 is 2.08 bits per heavy atom. The summed E-state index contributed by atoms with van der Waals surface area (Å²) in [6, 6.07) is -0.295. The van der Waals surface area contributed by atoms with Gasteiger partial charge in [0.15, 0.2) is 9.84 Å². The second kappa shape index (κ2) is 4.47. The third-order valence-electron chi connectivity index (χ3n) is 1.63. The van der Waals surface area contributed by atoms with Crippen molar-refractivity contribution in [2.75, 3.05) is 11.5 Å². The Hall–Kier alpha value is -0.550. The average molecular weight is 192 g/mol. The summed E-state index contributed by atoms with van der Waals surface area (Å²) < 4.78 is 22.2. The first-order chi connectivity index (χ1) is 5.43. The summed E-state index contributed by atoms with van der Waals surface area (Å²) in [4.78, 5) is 0. The molecule has 0 bridgehead atoms. The Balaban J connectivity index is 4.45. The van der Waals surface area contributed by atoms with Crippen LogP contribution in [0, 0.1) is 0 Å². The minimum absolute atomic E-state index is 0.0301. The SMILES string of the molecule is CCS(=O)(=O)C/C(=C/N)C(C)N. The normalized spacial score (nSPS) is 16.1. The molecule has 0 spiro atoms. The van der Waals surface area contributed by atoms with Gasteiger partial charge in [0.1, 0.15) is 0 Å². The van der Waals surface area contributed by atoms with Crippen LogP contribution in [0.4, 0.5) is 0 Å². The lowest BCUT2D eigenvalue weighted by molar-refractivity contribution is 0.597. The fourth-order valence-electron chi connectivity index (χ4n) is 0.687. The van der Waals surface area contributed by atoms with Gasteiger partial charge in [0.2, 0.25) is 0 Å². The van der Waals surface area contributed by atoms with E-state index in [1.165, 1.54) is 6.20 Å². The van der Waals surface area contributed by atoms with E-state index in [9.17, 15) is 8.42 Å². The average Bonchev–Trinajstić information content (AvgIpc) is 2.00. The first kappa shape index (κ1) is 11.4. The van der Waals surface area contributed by atoms with Gasteiger partial charge in [0.05, 0.1) is 5.75 Å². The predicted molar refractivity (Wildman–Crippen MR) is 50.2 cm³/mol. The van der Waals surface area contributed by atoms with Gasteiger partial charge < -0.3 is 11.5 Å². The van der Waals surface area contributed by atoms with Crippen molar-refractivity contribution in [2.24, 2.45) is 11.5 Å². The summed E-state index contributed by atoms with van der Waals surface area (Å²) in [6.07, 6.45) is 1.28. The fourth-order valence-corrected chi connectivity index (χ4v) is 1.76. The van der Waals surface area contributed by atoms with Gasteiger partial charge in [-0.1, -0.05) is 6.92 Å². The van der Waals surface area contributed by atoms with Crippen molar-refractivity contribution in [2.45, 2.75) is 19.9 Å². The number of hydrogen-bond acceptors (Lipinski definition) is 4. The van der Waals surface area contributed by atoms with Crippen molar-refractivity contribution in [1.29, 1.82) is 0 Å². The maximum atomic E-state index is 11.1. The van der Waals surface area contributed by atoms with Gasteiger partial charge in [0.25, 0.3) is 0 Å². The van der Waals surface area contributed by atoms with Crippen molar-refractivity contribution < 1.29 is 8.42 Å². The molecule has 5 heteroatoms. The van der Waals surface area contributed by atoms with E-state index in [0.29, 0.717) is 5.57 Å². The quantitative estimate of drug-likeness (QED) is 0.635. The molecule has 72 valence electrons. The zero-order chi connectivity index (χ0) is 9.78. The molecule has 1 atom stereocenters. The molecule has 4 nitrogen and oxygen atoms in total. The van der Waals surface area contributed by atoms with Crippen molar-refractivity contribution in [3.8, 4) is 0 Å². The van der Waals surface area contributed by atoms with Crippen molar-refractivity contribution in [3.63, 3.8) is 0 Å². The monoisotopic (exact) mass is 192 g/mol. The summed E-state index contributed by atoms with van der Waals surface area (Å²) in [7, 11) is -3.00. The van der Waals surface area contributed by atoms with Crippen molar-refractivity contribution in [1.82, 2.24) is 0 Å². The molecule has 0 aromatic rings. The Bertz CT molecular complexity index is 255. The Labute approximate surface area is 73.5 Å². The third-order valence-corrected chi connectivity index (χ3v) is 3.28. The summed E-state index contributed by atoms with van der Waals surface area (Å²) in [5.41, 5.74) is 11.3. The lowest BCUT2D eigenvalue weighted by atomic mass is 10.2. The lowest BCUT2D eigenvalue weighted by Crippen LogP contribution is -2.25. The zero-order valence-electron chi connectivity index (χ0n) is 7.45. The Morgan fingerprint density at radius 1 is 1.58 bits per heavy atom. The molecule has 0 aromatic carbocycles. The smallest absolute Gasteiger partial charge is 0.153 e.